The summed E-state index contributed by atoms with van der Waals surface area (Å²) in [5, 5.41) is 2.10. The van der Waals surface area contributed by atoms with E-state index in [-0.39, 0.29) is 18.4 Å². The molecule has 0 radical (unpaired) electrons. The van der Waals surface area contributed by atoms with E-state index in [1.54, 1.807) is 30.3 Å². The van der Waals surface area contributed by atoms with Crippen molar-refractivity contribution in [2.75, 3.05) is 5.32 Å². The fourth-order valence-corrected chi connectivity index (χ4v) is 3.33. The van der Waals surface area contributed by atoms with Crippen molar-refractivity contribution in [3.8, 4) is 0 Å². The molecular formula is C21H16F6N2O2. The molecule has 1 heterocycles. The number of hydrogen-bond acceptors (Lipinski definition) is 2. The van der Waals surface area contributed by atoms with Crippen LogP contribution in [0.4, 0.5) is 32.0 Å². The highest BCUT2D eigenvalue weighted by Crippen LogP contribution is 2.38. The third kappa shape index (κ3) is 5.07. The molecule has 1 atom stereocenters. The molecule has 2 aromatic carbocycles. The highest BCUT2D eigenvalue weighted by molar-refractivity contribution is 5.92. The predicted octanol–water partition coefficient (Wildman–Crippen LogP) is 5.63. The fourth-order valence-electron chi connectivity index (χ4n) is 3.33. The molecule has 1 aliphatic rings. The van der Waals surface area contributed by atoms with Crippen LogP contribution in [0.3, 0.4) is 0 Å². The Hall–Kier alpha value is -3.30. The first kappa shape index (κ1) is 22.4. The van der Waals surface area contributed by atoms with E-state index in [0.717, 1.165) is 5.56 Å². The van der Waals surface area contributed by atoms with E-state index < -0.39 is 41.1 Å². The Morgan fingerprint density at radius 2 is 1.55 bits per heavy atom. The Labute approximate surface area is 173 Å². The van der Waals surface area contributed by atoms with Gasteiger partial charge in [0.25, 0.3) is 0 Å². The Morgan fingerprint density at radius 1 is 0.968 bits per heavy atom. The van der Waals surface area contributed by atoms with Gasteiger partial charge in [0.15, 0.2) is 0 Å². The summed E-state index contributed by atoms with van der Waals surface area (Å²) in [6.45, 7) is 1.28. The van der Waals surface area contributed by atoms with Crippen molar-refractivity contribution in [3.63, 3.8) is 0 Å². The topological polar surface area (TPSA) is 49.4 Å². The molecule has 3 rings (SSSR count). The molecule has 1 N–H and O–H groups in total. The Morgan fingerprint density at radius 3 is 2.10 bits per heavy atom. The van der Waals surface area contributed by atoms with E-state index in [1.807, 2.05) is 0 Å². The SMILES string of the molecule is CC(=O)N1C=Cc2ccccc2C1CC(=O)Nc1cc(C(F)(F)F)cc(C(F)(F)F)c1. The monoisotopic (exact) mass is 442 g/mol. The van der Waals surface area contributed by atoms with Gasteiger partial charge in [-0.2, -0.15) is 26.3 Å². The van der Waals surface area contributed by atoms with E-state index in [4.69, 9.17) is 0 Å². The third-order valence-corrected chi connectivity index (χ3v) is 4.72. The van der Waals surface area contributed by atoms with Crippen molar-refractivity contribution in [1.29, 1.82) is 0 Å². The van der Waals surface area contributed by atoms with Crippen LogP contribution in [0.2, 0.25) is 0 Å². The highest BCUT2D eigenvalue weighted by Gasteiger charge is 2.37. The van der Waals surface area contributed by atoms with Gasteiger partial charge in [-0.25, -0.2) is 0 Å². The number of anilines is 1. The molecule has 4 nitrogen and oxygen atoms in total. The lowest BCUT2D eigenvalue weighted by Crippen LogP contribution is -2.33. The van der Waals surface area contributed by atoms with E-state index in [0.29, 0.717) is 17.7 Å². The summed E-state index contributed by atoms with van der Waals surface area (Å²) in [7, 11) is 0. The summed E-state index contributed by atoms with van der Waals surface area (Å²) in [6.07, 6.45) is -7.26. The first-order valence-corrected chi connectivity index (χ1v) is 9.01. The van der Waals surface area contributed by atoms with Gasteiger partial charge in [0, 0.05) is 18.8 Å². The first-order chi connectivity index (χ1) is 14.4. The average molecular weight is 442 g/mol. The molecule has 1 unspecified atom stereocenters. The van der Waals surface area contributed by atoms with Crippen molar-refractivity contribution in [2.45, 2.75) is 31.7 Å². The van der Waals surface area contributed by atoms with Gasteiger partial charge in [0.05, 0.1) is 23.6 Å². The number of halogens is 6. The van der Waals surface area contributed by atoms with Gasteiger partial charge in [-0.05, 0) is 35.4 Å². The van der Waals surface area contributed by atoms with Gasteiger partial charge in [-0.15, -0.1) is 0 Å². The summed E-state index contributed by atoms with van der Waals surface area (Å²) in [5.41, 5.74) is -2.32. The third-order valence-electron chi connectivity index (χ3n) is 4.72. The van der Waals surface area contributed by atoms with Crippen molar-refractivity contribution in [2.24, 2.45) is 0 Å². The number of amides is 2. The van der Waals surface area contributed by atoms with Crippen LogP contribution < -0.4 is 5.32 Å². The molecular weight excluding hydrogens is 426 g/mol. The zero-order valence-electron chi connectivity index (χ0n) is 16.0. The Kier molecular flexibility index (Phi) is 5.84. The van der Waals surface area contributed by atoms with Gasteiger partial charge in [-0.1, -0.05) is 24.3 Å². The maximum Gasteiger partial charge on any atom is 0.416 e. The fraction of sp³-hybridized carbons (Fsp3) is 0.238. The molecule has 0 saturated carbocycles. The molecule has 0 saturated heterocycles. The lowest BCUT2D eigenvalue weighted by molar-refractivity contribution is -0.143. The number of carbonyl (C=O) groups excluding carboxylic acids is 2. The predicted molar refractivity (Wildman–Crippen MR) is 100 cm³/mol. The molecule has 0 aromatic heterocycles. The largest absolute Gasteiger partial charge is 0.416 e. The number of fused-ring (bicyclic) bond motifs is 1. The summed E-state index contributed by atoms with van der Waals surface area (Å²) < 4.78 is 78.1. The van der Waals surface area contributed by atoms with Crippen LogP contribution >= 0.6 is 0 Å². The normalized spacial score (nSPS) is 16.1. The van der Waals surface area contributed by atoms with Gasteiger partial charge in [0.1, 0.15) is 0 Å². The highest BCUT2D eigenvalue weighted by atomic mass is 19.4. The van der Waals surface area contributed by atoms with E-state index >= 15 is 0 Å². The number of hydrogen-bond donors (Lipinski definition) is 1. The van der Waals surface area contributed by atoms with Gasteiger partial charge in [-0.3, -0.25) is 9.59 Å². The first-order valence-electron chi connectivity index (χ1n) is 9.01. The number of nitrogens with zero attached hydrogens (tertiary/aromatic N) is 1. The number of nitrogens with one attached hydrogen (secondary N) is 1. The molecule has 0 spiro atoms. The van der Waals surface area contributed by atoms with Crippen molar-refractivity contribution < 1.29 is 35.9 Å². The van der Waals surface area contributed by atoms with Crippen LogP contribution in [0.5, 0.6) is 0 Å². The Balaban J connectivity index is 1.89. The smallest absolute Gasteiger partial charge is 0.326 e. The van der Waals surface area contributed by atoms with Gasteiger partial charge in [0.2, 0.25) is 11.8 Å². The van der Waals surface area contributed by atoms with E-state index in [1.165, 1.54) is 18.0 Å². The summed E-state index contributed by atoms with van der Waals surface area (Å²) in [6, 6.07) is 7.00. The zero-order valence-corrected chi connectivity index (χ0v) is 16.0. The second-order valence-corrected chi connectivity index (χ2v) is 6.93. The zero-order chi connectivity index (χ0) is 23.0. The number of benzene rings is 2. The van der Waals surface area contributed by atoms with Crippen LogP contribution in [0, 0.1) is 0 Å². The number of alkyl halides is 6. The van der Waals surface area contributed by atoms with Crippen molar-refractivity contribution in [1.82, 2.24) is 4.90 Å². The second-order valence-electron chi connectivity index (χ2n) is 6.93. The standard InChI is InChI=1S/C21H16F6N2O2/c1-12(30)29-7-6-13-4-2-3-5-17(13)18(29)11-19(31)28-16-9-14(20(22,23)24)8-15(10-16)21(25,26)27/h2-10,18H,11H2,1H3,(H,28,31). The quantitative estimate of drug-likeness (QED) is 0.627. The minimum atomic E-state index is -5.03. The van der Waals surface area contributed by atoms with Crippen molar-refractivity contribution in [3.05, 3.63) is 70.9 Å². The van der Waals surface area contributed by atoms with Crippen molar-refractivity contribution >= 4 is 23.6 Å². The van der Waals surface area contributed by atoms with Gasteiger partial charge >= 0.3 is 12.4 Å². The molecule has 0 aliphatic carbocycles. The molecule has 2 amide bonds. The lowest BCUT2D eigenvalue weighted by atomic mass is 9.93. The molecule has 1 aliphatic heterocycles. The Bertz CT molecular complexity index is 1010. The number of rotatable bonds is 3. The van der Waals surface area contributed by atoms with Gasteiger partial charge < -0.3 is 10.2 Å². The average Bonchev–Trinajstić information content (AvgIpc) is 2.66. The van der Waals surface area contributed by atoms with E-state index in [2.05, 4.69) is 5.32 Å². The maximum atomic E-state index is 13.0. The molecule has 10 heteroatoms. The van der Waals surface area contributed by atoms with Crippen LogP contribution in [-0.2, 0) is 21.9 Å². The maximum absolute atomic E-state index is 13.0. The molecule has 0 fully saturated rings. The van der Waals surface area contributed by atoms with Crippen LogP contribution in [-0.4, -0.2) is 16.7 Å². The summed E-state index contributed by atoms with van der Waals surface area (Å²) in [5.74, 6) is -1.21. The second kappa shape index (κ2) is 8.09. The molecule has 0 bridgehead atoms. The number of carbonyl (C=O) groups is 2. The molecule has 164 valence electrons. The minimum Gasteiger partial charge on any atom is -0.326 e. The summed E-state index contributed by atoms with van der Waals surface area (Å²) in [4.78, 5) is 25.8. The van der Waals surface area contributed by atoms with Crippen LogP contribution in [0.1, 0.15) is 41.6 Å². The lowest BCUT2D eigenvalue weighted by Gasteiger charge is -2.32. The molecule has 31 heavy (non-hydrogen) atoms. The summed E-state index contributed by atoms with van der Waals surface area (Å²) >= 11 is 0. The van der Waals surface area contributed by atoms with Crippen LogP contribution in [0.15, 0.2) is 48.7 Å². The van der Waals surface area contributed by atoms with Crippen LogP contribution in [0.25, 0.3) is 6.08 Å². The van der Waals surface area contributed by atoms with E-state index in [9.17, 15) is 35.9 Å². The minimum absolute atomic E-state index is 0.0185. The molecule has 2 aromatic rings.